The first kappa shape index (κ1) is 18.2. The van der Waals surface area contributed by atoms with Crippen molar-refractivity contribution >= 4 is 21.5 Å². The fraction of sp³-hybridized carbons (Fsp3) is 0.333. The summed E-state index contributed by atoms with van der Waals surface area (Å²) in [5.74, 6) is 2.61. The molecule has 4 atom stereocenters. The summed E-state index contributed by atoms with van der Waals surface area (Å²) in [7, 11) is 0. The molecule has 0 saturated carbocycles. The van der Waals surface area contributed by atoms with Crippen molar-refractivity contribution in [2.45, 2.75) is 51.4 Å². The van der Waals surface area contributed by atoms with Gasteiger partial charge in [-0.2, -0.15) is 0 Å². The van der Waals surface area contributed by atoms with E-state index < -0.39 is 0 Å². The molecule has 0 nitrogen and oxygen atoms in total. The second kappa shape index (κ2) is 6.98. The van der Waals surface area contributed by atoms with Gasteiger partial charge < -0.3 is 0 Å². The van der Waals surface area contributed by atoms with Crippen LogP contribution in [-0.2, 0) is 12.8 Å². The third-order valence-electron chi connectivity index (χ3n) is 8.14. The van der Waals surface area contributed by atoms with Gasteiger partial charge in [-0.1, -0.05) is 86.6 Å². The molecule has 0 aromatic heterocycles. The van der Waals surface area contributed by atoms with Crippen molar-refractivity contribution in [3.05, 3.63) is 95.1 Å². The molecule has 6 rings (SSSR count). The molecule has 30 heavy (non-hydrogen) atoms. The molecule has 0 spiro atoms. The predicted octanol–water partition coefficient (Wildman–Crippen LogP) is 8.03. The van der Waals surface area contributed by atoms with Crippen LogP contribution in [0.3, 0.4) is 0 Å². The molecular weight excluding hydrogens is 360 g/mol. The summed E-state index contributed by atoms with van der Waals surface area (Å²) in [6.07, 6.45) is 5.06. The number of rotatable bonds is 1. The Hall–Kier alpha value is -2.60. The highest BCUT2D eigenvalue weighted by molar-refractivity contribution is 5.90. The van der Waals surface area contributed by atoms with Crippen molar-refractivity contribution in [3.8, 4) is 0 Å². The average Bonchev–Trinajstić information content (AvgIpc) is 2.79. The second-order valence-corrected chi connectivity index (χ2v) is 9.80. The van der Waals surface area contributed by atoms with Gasteiger partial charge in [0.1, 0.15) is 0 Å². The van der Waals surface area contributed by atoms with Crippen molar-refractivity contribution in [2.75, 3.05) is 0 Å². The summed E-state index contributed by atoms with van der Waals surface area (Å²) < 4.78 is 0. The number of fused-ring (bicyclic) bond motifs is 6. The van der Waals surface area contributed by atoms with Crippen LogP contribution >= 0.6 is 0 Å². The molecule has 0 fully saturated rings. The normalized spacial score (nSPS) is 25.8. The zero-order chi connectivity index (χ0) is 20.2. The van der Waals surface area contributed by atoms with Gasteiger partial charge >= 0.3 is 0 Å². The van der Waals surface area contributed by atoms with E-state index in [2.05, 4.69) is 86.6 Å². The van der Waals surface area contributed by atoms with Gasteiger partial charge in [0, 0.05) is 0 Å². The summed E-state index contributed by atoms with van der Waals surface area (Å²) in [4.78, 5) is 0. The van der Waals surface area contributed by atoms with Gasteiger partial charge in [0.05, 0.1) is 0 Å². The number of hydrogen-bond acceptors (Lipinski definition) is 0. The molecule has 0 amide bonds. The molecule has 0 N–H and O–H groups in total. The zero-order valence-electron chi connectivity index (χ0n) is 18.1. The van der Waals surface area contributed by atoms with Crippen LogP contribution in [0.1, 0.15) is 60.8 Å². The van der Waals surface area contributed by atoms with Gasteiger partial charge in [-0.05, 0) is 93.2 Å². The van der Waals surface area contributed by atoms with Gasteiger partial charge in [-0.3, -0.25) is 0 Å². The zero-order valence-corrected chi connectivity index (χ0v) is 18.1. The predicted molar refractivity (Wildman–Crippen MR) is 128 cm³/mol. The molecule has 0 aliphatic heterocycles. The molecule has 4 aromatic rings. The van der Waals surface area contributed by atoms with Crippen LogP contribution < -0.4 is 0 Å². The molecule has 0 bridgehead atoms. The molecule has 0 radical (unpaired) electrons. The van der Waals surface area contributed by atoms with E-state index in [0.717, 1.165) is 0 Å². The number of benzene rings is 4. The lowest BCUT2D eigenvalue weighted by Crippen LogP contribution is -2.31. The fourth-order valence-electron chi connectivity index (χ4n) is 6.67. The van der Waals surface area contributed by atoms with E-state index in [1.807, 2.05) is 0 Å². The van der Waals surface area contributed by atoms with E-state index in [1.54, 1.807) is 22.3 Å². The van der Waals surface area contributed by atoms with Crippen molar-refractivity contribution in [2.24, 2.45) is 11.8 Å². The lowest BCUT2D eigenvalue weighted by molar-refractivity contribution is 0.275. The van der Waals surface area contributed by atoms with Gasteiger partial charge in [0.15, 0.2) is 0 Å². The lowest BCUT2D eigenvalue weighted by Gasteiger charge is -2.44. The third-order valence-corrected chi connectivity index (χ3v) is 8.14. The molecule has 0 saturated heterocycles. The largest absolute Gasteiger partial charge is 0.0619 e. The number of aryl methyl sites for hydroxylation is 2. The van der Waals surface area contributed by atoms with Crippen molar-refractivity contribution in [1.29, 1.82) is 0 Å². The molecular formula is C30H30. The molecule has 4 aromatic carbocycles. The Morgan fingerprint density at radius 2 is 0.967 bits per heavy atom. The molecule has 0 heteroatoms. The maximum atomic E-state index is 2.52. The van der Waals surface area contributed by atoms with E-state index in [-0.39, 0.29) is 0 Å². The minimum absolute atomic E-state index is 0.597. The standard InChI is InChI=1S/C30H30/c1-19-11-13-23-17-15-21-7-3-5-9-25(21)29(23)27(19)28-20(2)12-14-24-18-16-22-8-4-6-10-26(22)30(24)28/h3-10,15-20,27-28H,11-14H2,1-2H3/t19-,20-,27-,28-/m1/s1. The van der Waals surface area contributed by atoms with Crippen molar-refractivity contribution in [1.82, 2.24) is 0 Å². The van der Waals surface area contributed by atoms with Crippen LogP contribution in [0.2, 0.25) is 0 Å². The topological polar surface area (TPSA) is 0 Å². The van der Waals surface area contributed by atoms with Crippen LogP contribution in [0.4, 0.5) is 0 Å². The van der Waals surface area contributed by atoms with Crippen LogP contribution in [0.25, 0.3) is 21.5 Å². The number of hydrogen-bond donors (Lipinski definition) is 0. The monoisotopic (exact) mass is 390 g/mol. The van der Waals surface area contributed by atoms with Crippen LogP contribution in [-0.4, -0.2) is 0 Å². The van der Waals surface area contributed by atoms with E-state index in [0.29, 0.717) is 23.7 Å². The molecule has 2 aliphatic carbocycles. The third kappa shape index (κ3) is 2.66. The van der Waals surface area contributed by atoms with Crippen LogP contribution in [0.5, 0.6) is 0 Å². The van der Waals surface area contributed by atoms with E-state index in [9.17, 15) is 0 Å². The quantitative estimate of drug-likeness (QED) is 0.308. The summed E-state index contributed by atoms with van der Waals surface area (Å²) in [6.45, 7) is 5.03. The highest BCUT2D eigenvalue weighted by Gasteiger charge is 2.40. The highest BCUT2D eigenvalue weighted by Crippen LogP contribution is 2.54. The SMILES string of the molecule is C[C@@H]1CCc2ccc3ccccc3c2[C@H]1[C@@H]1c2c(ccc3ccccc23)CC[C@H]1C. The summed E-state index contributed by atoms with van der Waals surface area (Å²) in [6, 6.07) is 27.7. The first-order valence-corrected chi connectivity index (χ1v) is 11.7. The first-order chi connectivity index (χ1) is 14.7. The molecule has 0 unspecified atom stereocenters. The van der Waals surface area contributed by atoms with E-state index >= 15 is 0 Å². The summed E-state index contributed by atoms with van der Waals surface area (Å²) >= 11 is 0. The molecule has 2 aliphatic rings. The maximum absolute atomic E-state index is 2.52. The Bertz CT molecular complexity index is 1150. The Labute approximate surface area is 179 Å². The van der Waals surface area contributed by atoms with Crippen LogP contribution in [0.15, 0.2) is 72.8 Å². The van der Waals surface area contributed by atoms with Gasteiger partial charge in [-0.15, -0.1) is 0 Å². The maximum Gasteiger partial charge on any atom is -0.00555 e. The van der Waals surface area contributed by atoms with Gasteiger partial charge in [-0.25, -0.2) is 0 Å². The van der Waals surface area contributed by atoms with E-state index in [4.69, 9.17) is 0 Å². The fourth-order valence-corrected chi connectivity index (χ4v) is 6.67. The average molecular weight is 391 g/mol. The summed E-state index contributed by atoms with van der Waals surface area (Å²) in [5.41, 5.74) is 6.50. The van der Waals surface area contributed by atoms with Gasteiger partial charge in [0.2, 0.25) is 0 Å². The molecule has 150 valence electrons. The first-order valence-electron chi connectivity index (χ1n) is 11.7. The highest BCUT2D eigenvalue weighted by atomic mass is 14.4. The smallest absolute Gasteiger partial charge is 0.00555 e. The Kier molecular flexibility index (Phi) is 4.23. The Balaban J connectivity index is 1.64. The van der Waals surface area contributed by atoms with Crippen molar-refractivity contribution < 1.29 is 0 Å². The van der Waals surface area contributed by atoms with Crippen LogP contribution in [0, 0.1) is 11.8 Å². The Morgan fingerprint density at radius 1 is 0.533 bits per heavy atom. The second-order valence-electron chi connectivity index (χ2n) is 9.80. The Morgan fingerprint density at radius 3 is 1.43 bits per heavy atom. The van der Waals surface area contributed by atoms with Gasteiger partial charge in [0.25, 0.3) is 0 Å². The van der Waals surface area contributed by atoms with Crippen molar-refractivity contribution in [3.63, 3.8) is 0 Å². The van der Waals surface area contributed by atoms with E-state index in [1.165, 1.54) is 47.2 Å². The minimum Gasteiger partial charge on any atom is -0.0619 e. The molecule has 0 heterocycles. The lowest BCUT2D eigenvalue weighted by atomic mass is 9.60. The minimum atomic E-state index is 0.597. The summed E-state index contributed by atoms with van der Waals surface area (Å²) in [5, 5.41) is 5.78.